The molecular weight excluding hydrogens is 307 g/mol. The van der Waals surface area contributed by atoms with Gasteiger partial charge < -0.3 is 5.32 Å². The quantitative estimate of drug-likeness (QED) is 0.760. The normalized spacial score (nSPS) is 12.7. The van der Waals surface area contributed by atoms with Crippen LogP contribution in [0.5, 0.6) is 0 Å². The Morgan fingerprint density at radius 1 is 1.24 bits per heavy atom. The standard InChI is InChI=1S/C16H14ClFN2S/c1-19-13(10-5-4-6-11(18)16(10)17)9-15-20-12-7-2-3-8-14(12)21-15/h2-8,13,19H,9H2,1H3. The Bertz CT molecular complexity index is 739. The number of nitrogens with zero attached hydrogens (tertiary/aromatic N) is 1. The minimum atomic E-state index is -0.390. The number of hydrogen-bond acceptors (Lipinski definition) is 3. The van der Waals surface area contributed by atoms with E-state index in [1.165, 1.54) is 6.07 Å². The molecule has 3 aromatic rings. The summed E-state index contributed by atoms with van der Waals surface area (Å²) in [6.07, 6.45) is 0.680. The van der Waals surface area contributed by atoms with Crippen molar-refractivity contribution >= 4 is 33.2 Å². The molecular formula is C16H14ClFN2S. The molecule has 1 atom stereocenters. The predicted octanol–water partition coefficient (Wildman–Crippen LogP) is 4.59. The maximum absolute atomic E-state index is 13.6. The number of nitrogens with one attached hydrogen (secondary N) is 1. The largest absolute Gasteiger partial charge is 0.313 e. The van der Waals surface area contributed by atoms with E-state index in [1.54, 1.807) is 17.4 Å². The third-order valence-electron chi connectivity index (χ3n) is 3.42. The summed E-state index contributed by atoms with van der Waals surface area (Å²) in [6, 6.07) is 12.9. The van der Waals surface area contributed by atoms with E-state index in [0.717, 1.165) is 20.8 Å². The first kappa shape index (κ1) is 14.4. The third-order valence-corrected chi connectivity index (χ3v) is 4.88. The Hall–Kier alpha value is -1.49. The molecule has 0 bridgehead atoms. The van der Waals surface area contributed by atoms with E-state index < -0.39 is 5.82 Å². The van der Waals surface area contributed by atoms with Gasteiger partial charge in [0.05, 0.1) is 20.2 Å². The Kier molecular flexibility index (Phi) is 4.19. The van der Waals surface area contributed by atoms with Gasteiger partial charge >= 0.3 is 0 Å². The lowest BCUT2D eigenvalue weighted by Crippen LogP contribution is -2.19. The van der Waals surface area contributed by atoms with Crippen molar-refractivity contribution in [3.63, 3.8) is 0 Å². The number of likely N-dealkylation sites (N-methyl/N-ethyl adjacent to an activating group) is 1. The van der Waals surface area contributed by atoms with Crippen LogP contribution in [0.15, 0.2) is 42.5 Å². The van der Waals surface area contributed by atoms with Gasteiger partial charge in [-0.05, 0) is 30.8 Å². The summed E-state index contributed by atoms with van der Waals surface area (Å²) < 4.78 is 14.8. The predicted molar refractivity (Wildman–Crippen MR) is 86.5 cm³/mol. The lowest BCUT2D eigenvalue weighted by atomic mass is 10.0. The van der Waals surface area contributed by atoms with Crippen molar-refractivity contribution in [1.29, 1.82) is 0 Å². The number of benzene rings is 2. The van der Waals surface area contributed by atoms with Crippen LogP contribution < -0.4 is 5.32 Å². The van der Waals surface area contributed by atoms with Crippen molar-refractivity contribution in [3.8, 4) is 0 Å². The van der Waals surface area contributed by atoms with Gasteiger partial charge in [0.2, 0.25) is 0 Å². The zero-order valence-electron chi connectivity index (χ0n) is 11.4. The van der Waals surface area contributed by atoms with E-state index in [9.17, 15) is 4.39 Å². The van der Waals surface area contributed by atoms with Crippen molar-refractivity contribution < 1.29 is 4.39 Å². The maximum atomic E-state index is 13.6. The molecule has 0 radical (unpaired) electrons. The average Bonchev–Trinajstić information content (AvgIpc) is 2.90. The van der Waals surface area contributed by atoms with E-state index in [4.69, 9.17) is 11.6 Å². The third kappa shape index (κ3) is 2.93. The molecule has 0 spiro atoms. The number of thiazole rings is 1. The Balaban J connectivity index is 1.92. The number of hydrogen-bond donors (Lipinski definition) is 1. The molecule has 21 heavy (non-hydrogen) atoms. The molecule has 1 heterocycles. The second-order valence-corrected chi connectivity index (χ2v) is 6.26. The fourth-order valence-corrected chi connectivity index (χ4v) is 3.61. The molecule has 1 N–H and O–H groups in total. The minimum absolute atomic E-state index is 0.0613. The van der Waals surface area contributed by atoms with Crippen molar-refractivity contribution in [3.05, 3.63) is 63.9 Å². The monoisotopic (exact) mass is 320 g/mol. The van der Waals surface area contributed by atoms with Gasteiger partial charge in [0.15, 0.2) is 0 Å². The van der Waals surface area contributed by atoms with Gasteiger partial charge in [-0.15, -0.1) is 11.3 Å². The molecule has 0 aliphatic rings. The number of rotatable bonds is 4. The Morgan fingerprint density at radius 3 is 2.81 bits per heavy atom. The van der Waals surface area contributed by atoms with Crippen LogP contribution in [0.4, 0.5) is 4.39 Å². The van der Waals surface area contributed by atoms with Gasteiger partial charge in [-0.1, -0.05) is 35.9 Å². The van der Waals surface area contributed by atoms with Crippen LogP contribution in [0.3, 0.4) is 0 Å². The molecule has 3 rings (SSSR count). The van der Waals surface area contributed by atoms with Gasteiger partial charge in [0, 0.05) is 12.5 Å². The molecule has 0 saturated heterocycles. The second-order valence-electron chi connectivity index (χ2n) is 4.76. The summed E-state index contributed by atoms with van der Waals surface area (Å²) in [4.78, 5) is 4.62. The molecule has 0 aliphatic heterocycles. The molecule has 1 aromatic heterocycles. The molecule has 0 saturated carbocycles. The van der Waals surface area contributed by atoms with Crippen LogP contribution >= 0.6 is 22.9 Å². The maximum Gasteiger partial charge on any atom is 0.142 e. The Labute approximate surface area is 131 Å². The van der Waals surface area contributed by atoms with Crippen LogP contribution in [0.25, 0.3) is 10.2 Å². The summed E-state index contributed by atoms with van der Waals surface area (Å²) in [7, 11) is 1.85. The van der Waals surface area contributed by atoms with Crippen molar-refractivity contribution in [2.24, 2.45) is 0 Å². The van der Waals surface area contributed by atoms with Crippen molar-refractivity contribution in [2.75, 3.05) is 7.05 Å². The van der Waals surface area contributed by atoms with Crippen LogP contribution in [0.1, 0.15) is 16.6 Å². The van der Waals surface area contributed by atoms with E-state index in [1.807, 2.05) is 31.3 Å². The van der Waals surface area contributed by atoms with Crippen LogP contribution in [-0.4, -0.2) is 12.0 Å². The van der Waals surface area contributed by atoms with Crippen LogP contribution in [0.2, 0.25) is 5.02 Å². The lowest BCUT2D eigenvalue weighted by Gasteiger charge is -2.17. The van der Waals surface area contributed by atoms with E-state index >= 15 is 0 Å². The topological polar surface area (TPSA) is 24.9 Å². The van der Waals surface area contributed by atoms with Gasteiger partial charge in [0.25, 0.3) is 0 Å². The second kappa shape index (κ2) is 6.10. The molecule has 0 aliphatic carbocycles. The SMILES string of the molecule is CNC(Cc1nc2ccccc2s1)c1cccc(F)c1Cl. The summed E-state index contributed by atoms with van der Waals surface area (Å²) >= 11 is 7.74. The molecule has 2 nitrogen and oxygen atoms in total. The number of halogens is 2. The molecule has 2 aromatic carbocycles. The number of fused-ring (bicyclic) bond motifs is 1. The first-order valence-electron chi connectivity index (χ1n) is 6.64. The molecule has 5 heteroatoms. The first-order chi connectivity index (χ1) is 10.2. The van der Waals surface area contributed by atoms with Crippen LogP contribution in [-0.2, 0) is 6.42 Å². The molecule has 1 unspecified atom stereocenters. The smallest absolute Gasteiger partial charge is 0.142 e. The fourth-order valence-electron chi connectivity index (χ4n) is 2.34. The van der Waals surface area contributed by atoms with Crippen LogP contribution in [0, 0.1) is 5.82 Å². The molecule has 0 amide bonds. The zero-order valence-corrected chi connectivity index (χ0v) is 13.0. The van der Waals surface area contributed by atoms with E-state index in [-0.39, 0.29) is 11.1 Å². The highest BCUT2D eigenvalue weighted by Gasteiger charge is 2.17. The highest BCUT2D eigenvalue weighted by molar-refractivity contribution is 7.18. The lowest BCUT2D eigenvalue weighted by molar-refractivity contribution is 0.577. The summed E-state index contributed by atoms with van der Waals surface area (Å²) in [5.41, 5.74) is 1.76. The van der Waals surface area contributed by atoms with E-state index in [2.05, 4.69) is 16.4 Å². The molecule has 108 valence electrons. The van der Waals surface area contributed by atoms with Gasteiger partial charge in [0.1, 0.15) is 5.82 Å². The summed E-state index contributed by atoms with van der Waals surface area (Å²) in [5.74, 6) is -0.390. The summed E-state index contributed by atoms with van der Waals surface area (Å²) in [6.45, 7) is 0. The fraction of sp³-hybridized carbons (Fsp3) is 0.188. The average molecular weight is 321 g/mol. The van der Waals surface area contributed by atoms with Gasteiger partial charge in [-0.3, -0.25) is 0 Å². The van der Waals surface area contributed by atoms with Crippen molar-refractivity contribution in [2.45, 2.75) is 12.5 Å². The highest BCUT2D eigenvalue weighted by atomic mass is 35.5. The minimum Gasteiger partial charge on any atom is -0.313 e. The summed E-state index contributed by atoms with van der Waals surface area (Å²) in [5, 5.41) is 4.38. The highest BCUT2D eigenvalue weighted by Crippen LogP contribution is 2.30. The van der Waals surface area contributed by atoms with Gasteiger partial charge in [-0.25, -0.2) is 9.37 Å². The molecule has 0 fully saturated rings. The zero-order chi connectivity index (χ0) is 14.8. The Morgan fingerprint density at radius 2 is 2.05 bits per heavy atom. The van der Waals surface area contributed by atoms with Crippen molar-refractivity contribution in [1.82, 2.24) is 10.3 Å². The number of aromatic nitrogens is 1. The first-order valence-corrected chi connectivity index (χ1v) is 7.84. The number of para-hydroxylation sites is 1. The van der Waals surface area contributed by atoms with Gasteiger partial charge in [-0.2, -0.15) is 0 Å². The van der Waals surface area contributed by atoms with E-state index in [0.29, 0.717) is 6.42 Å².